The smallest absolute Gasteiger partial charge is 0.273 e. The molecule has 0 aliphatic carbocycles. The van der Waals surface area contributed by atoms with Crippen molar-refractivity contribution in [3.8, 4) is 5.75 Å². The Morgan fingerprint density at radius 3 is 2.77 bits per heavy atom. The van der Waals surface area contributed by atoms with Gasteiger partial charge in [-0.3, -0.25) is 9.59 Å². The van der Waals surface area contributed by atoms with Crippen molar-refractivity contribution in [2.75, 3.05) is 19.7 Å². The number of carbonyl (C=O) groups excluding carboxylic acids is 2. The summed E-state index contributed by atoms with van der Waals surface area (Å²) in [4.78, 5) is 31.1. The largest absolute Gasteiger partial charge is 0.508 e. The first-order valence-corrected chi connectivity index (χ1v) is 10.9. The van der Waals surface area contributed by atoms with E-state index in [9.17, 15) is 19.8 Å². The molecular weight excluding hydrogens is 406 g/mol. The summed E-state index contributed by atoms with van der Waals surface area (Å²) in [5.74, 6) is -0.434. The summed E-state index contributed by atoms with van der Waals surface area (Å²) < 4.78 is 6.05. The topological polar surface area (TPSA) is 112 Å². The summed E-state index contributed by atoms with van der Waals surface area (Å²) in [6.07, 6.45) is 0.809. The van der Waals surface area contributed by atoms with E-state index in [-0.39, 0.29) is 24.2 Å². The number of nitrogens with one attached hydrogen (secondary N) is 1. The van der Waals surface area contributed by atoms with Crippen LogP contribution in [0.5, 0.6) is 5.75 Å². The number of likely N-dealkylation sites (tertiary alicyclic amines) is 1. The first kappa shape index (κ1) is 20.8. The van der Waals surface area contributed by atoms with Gasteiger partial charge in [0.05, 0.1) is 23.3 Å². The number of amides is 2. The summed E-state index contributed by atoms with van der Waals surface area (Å²) in [6.45, 7) is 2.98. The number of aromatic nitrogens is 1. The number of nitrogens with zero attached hydrogens (tertiary/aromatic N) is 2. The van der Waals surface area contributed by atoms with Crippen molar-refractivity contribution in [2.45, 2.75) is 43.4 Å². The third-order valence-electron chi connectivity index (χ3n) is 6.09. The van der Waals surface area contributed by atoms with Gasteiger partial charge in [-0.1, -0.05) is 6.07 Å². The Kier molecular flexibility index (Phi) is 5.52. The number of hydrogen-bond acceptors (Lipinski definition) is 7. The predicted molar refractivity (Wildman–Crippen MR) is 111 cm³/mol. The normalized spacial score (nSPS) is 25.8. The van der Waals surface area contributed by atoms with E-state index in [1.165, 1.54) is 23.5 Å². The Labute approximate surface area is 178 Å². The third kappa shape index (κ3) is 4.05. The molecule has 9 heteroatoms. The third-order valence-corrected chi connectivity index (χ3v) is 6.68. The van der Waals surface area contributed by atoms with E-state index in [0.29, 0.717) is 43.6 Å². The fourth-order valence-electron chi connectivity index (χ4n) is 4.30. The zero-order valence-corrected chi connectivity index (χ0v) is 17.5. The molecule has 1 spiro atoms. The van der Waals surface area contributed by atoms with Crippen LogP contribution in [0, 0.1) is 0 Å². The standard InChI is InChI=1S/C21H25N3O5S/c1-20(23-18(27)14-3-2-4-15(25)9-14)12-21(29-10-17(20)26)5-7-24(8-6-21)19(28)16-11-30-13-22-16/h2-4,9,11,13,17,25-26H,5-8,10,12H2,1H3,(H,23,27)/t17-,20-/m0/s1. The summed E-state index contributed by atoms with van der Waals surface area (Å²) >= 11 is 1.39. The average Bonchev–Trinajstić information content (AvgIpc) is 3.26. The summed E-state index contributed by atoms with van der Waals surface area (Å²) in [6, 6.07) is 6.10. The van der Waals surface area contributed by atoms with Crippen molar-refractivity contribution < 1.29 is 24.5 Å². The number of aromatic hydroxyl groups is 1. The first-order valence-electron chi connectivity index (χ1n) is 9.91. The number of hydrogen-bond donors (Lipinski definition) is 3. The lowest BCUT2D eigenvalue weighted by Gasteiger charge is -2.51. The van der Waals surface area contributed by atoms with Crippen molar-refractivity contribution in [1.29, 1.82) is 0 Å². The second-order valence-electron chi connectivity index (χ2n) is 8.27. The molecule has 2 amide bonds. The van der Waals surface area contributed by atoms with Gasteiger partial charge in [-0.25, -0.2) is 4.98 Å². The molecule has 4 rings (SSSR count). The van der Waals surface area contributed by atoms with Crippen LogP contribution in [-0.2, 0) is 4.74 Å². The second-order valence-corrected chi connectivity index (χ2v) is 8.99. The van der Waals surface area contributed by atoms with Crippen LogP contribution in [0.4, 0.5) is 0 Å². The monoisotopic (exact) mass is 431 g/mol. The molecule has 3 N–H and O–H groups in total. The number of aliphatic hydroxyl groups excluding tert-OH is 1. The molecule has 0 saturated carbocycles. The van der Waals surface area contributed by atoms with Gasteiger partial charge in [-0.05, 0) is 38.0 Å². The van der Waals surface area contributed by atoms with E-state index in [2.05, 4.69) is 10.3 Å². The van der Waals surface area contributed by atoms with Gasteiger partial charge in [0, 0.05) is 30.5 Å². The number of carbonyl (C=O) groups is 2. The van der Waals surface area contributed by atoms with E-state index in [1.54, 1.807) is 27.9 Å². The molecule has 1 aromatic heterocycles. The maximum absolute atomic E-state index is 12.7. The zero-order chi connectivity index (χ0) is 21.4. The Hall–Kier alpha value is -2.49. The Bertz CT molecular complexity index is 926. The highest BCUT2D eigenvalue weighted by Gasteiger charge is 2.50. The molecule has 2 fully saturated rings. The minimum atomic E-state index is -0.887. The van der Waals surface area contributed by atoms with Crippen LogP contribution < -0.4 is 5.32 Å². The summed E-state index contributed by atoms with van der Waals surface area (Å²) in [5.41, 5.74) is 1.03. The maximum Gasteiger partial charge on any atom is 0.273 e. The molecule has 0 bridgehead atoms. The Morgan fingerprint density at radius 2 is 2.10 bits per heavy atom. The Morgan fingerprint density at radius 1 is 1.33 bits per heavy atom. The number of phenolic OH excluding ortho intramolecular Hbond substituents is 1. The molecule has 0 unspecified atom stereocenters. The van der Waals surface area contributed by atoms with Crippen LogP contribution in [0.3, 0.4) is 0 Å². The van der Waals surface area contributed by atoms with Gasteiger partial charge in [0.1, 0.15) is 17.5 Å². The molecular formula is C21H25N3O5S. The second kappa shape index (κ2) is 7.98. The molecule has 2 aliphatic rings. The molecule has 2 aromatic rings. The molecule has 3 heterocycles. The average molecular weight is 432 g/mol. The number of phenols is 1. The zero-order valence-electron chi connectivity index (χ0n) is 16.7. The fourth-order valence-corrected chi connectivity index (χ4v) is 4.83. The molecule has 8 nitrogen and oxygen atoms in total. The van der Waals surface area contributed by atoms with Gasteiger partial charge in [-0.15, -0.1) is 11.3 Å². The van der Waals surface area contributed by atoms with E-state index >= 15 is 0 Å². The highest BCUT2D eigenvalue weighted by molar-refractivity contribution is 7.07. The van der Waals surface area contributed by atoms with Gasteiger partial charge in [0.2, 0.25) is 0 Å². The van der Waals surface area contributed by atoms with E-state index in [4.69, 9.17) is 4.74 Å². The van der Waals surface area contributed by atoms with E-state index in [1.807, 2.05) is 6.92 Å². The van der Waals surface area contributed by atoms with Gasteiger partial charge < -0.3 is 25.2 Å². The van der Waals surface area contributed by atoms with Crippen LogP contribution in [0.15, 0.2) is 35.2 Å². The number of ether oxygens (including phenoxy) is 1. The summed E-state index contributed by atoms with van der Waals surface area (Å²) in [7, 11) is 0. The number of piperidine rings is 1. The van der Waals surface area contributed by atoms with Gasteiger partial charge >= 0.3 is 0 Å². The molecule has 160 valence electrons. The molecule has 30 heavy (non-hydrogen) atoms. The molecule has 2 atom stereocenters. The molecule has 0 radical (unpaired) electrons. The van der Waals surface area contributed by atoms with Crippen LogP contribution in [0.25, 0.3) is 0 Å². The van der Waals surface area contributed by atoms with Crippen LogP contribution in [0.1, 0.15) is 47.0 Å². The molecule has 1 aromatic carbocycles. The maximum atomic E-state index is 12.7. The lowest BCUT2D eigenvalue weighted by Crippen LogP contribution is -2.65. The van der Waals surface area contributed by atoms with E-state index < -0.39 is 17.2 Å². The van der Waals surface area contributed by atoms with Crippen molar-refractivity contribution in [2.24, 2.45) is 0 Å². The minimum Gasteiger partial charge on any atom is -0.508 e. The van der Waals surface area contributed by atoms with Gasteiger partial charge in [-0.2, -0.15) is 0 Å². The minimum absolute atomic E-state index is 0.00829. The molecule has 2 saturated heterocycles. The van der Waals surface area contributed by atoms with Crippen molar-refractivity contribution >= 4 is 23.2 Å². The highest BCUT2D eigenvalue weighted by Crippen LogP contribution is 2.40. The lowest BCUT2D eigenvalue weighted by molar-refractivity contribution is -0.175. The van der Waals surface area contributed by atoms with Gasteiger partial charge in [0.25, 0.3) is 11.8 Å². The first-order chi connectivity index (χ1) is 14.3. The van der Waals surface area contributed by atoms with Crippen molar-refractivity contribution in [1.82, 2.24) is 15.2 Å². The quantitative estimate of drug-likeness (QED) is 0.683. The van der Waals surface area contributed by atoms with Crippen molar-refractivity contribution in [3.63, 3.8) is 0 Å². The van der Waals surface area contributed by atoms with Crippen LogP contribution in [0.2, 0.25) is 0 Å². The number of rotatable bonds is 3. The molecule has 2 aliphatic heterocycles. The summed E-state index contributed by atoms with van der Waals surface area (Å²) in [5, 5.41) is 24.9. The van der Waals surface area contributed by atoms with E-state index in [0.717, 1.165) is 0 Å². The predicted octanol–water partition coefficient (Wildman–Crippen LogP) is 1.79. The fraction of sp³-hybridized carbons (Fsp3) is 0.476. The number of thiazole rings is 1. The number of benzene rings is 1. The van der Waals surface area contributed by atoms with Gasteiger partial charge in [0.15, 0.2) is 0 Å². The lowest BCUT2D eigenvalue weighted by atomic mass is 9.74. The van der Waals surface area contributed by atoms with Crippen LogP contribution in [-0.4, -0.2) is 68.9 Å². The highest BCUT2D eigenvalue weighted by atomic mass is 32.1. The van der Waals surface area contributed by atoms with Crippen LogP contribution >= 0.6 is 11.3 Å². The SMILES string of the molecule is C[C@]1(NC(=O)c2cccc(O)c2)CC2(CCN(C(=O)c3cscn3)CC2)OC[C@@H]1O. The number of aliphatic hydroxyl groups is 1. The Balaban J connectivity index is 1.44. The van der Waals surface area contributed by atoms with Crippen molar-refractivity contribution in [3.05, 3.63) is 46.4 Å².